The maximum absolute atomic E-state index is 13.5. The summed E-state index contributed by atoms with van der Waals surface area (Å²) >= 11 is 0. The molecule has 0 spiro atoms. The molecule has 40 heavy (non-hydrogen) atoms. The number of nitrogens with two attached hydrogens (primary N) is 1. The molecule has 0 aliphatic carbocycles. The van der Waals surface area contributed by atoms with Crippen LogP contribution in [0.15, 0.2) is 93.5 Å². The first-order chi connectivity index (χ1) is 19.4. The average molecular weight is 533 g/mol. The van der Waals surface area contributed by atoms with E-state index in [-0.39, 0.29) is 22.8 Å². The van der Waals surface area contributed by atoms with E-state index in [1.807, 2.05) is 49.4 Å². The van der Waals surface area contributed by atoms with Crippen molar-refractivity contribution >= 4 is 11.0 Å². The molecule has 6 rings (SSSR count). The number of allylic oxidation sites excluding steroid dienone is 1. The number of nitriles is 1. The highest BCUT2D eigenvalue weighted by Crippen LogP contribution is 2.48. The summed E-state index contributed by atoms with van der Waals surface area (Å²) < 4.78 is 25.0. The van der Waals surface area contributed by atoms with Gasteiger partial charge in [-0.3, -0.25) is 0 Å². The van der Waals surface area contributed by atoms with Crippen LogP contribution in [-0.2, 0) is 0 Å². The third kappa shape index (κ3) is 4.03. The highest BCUT2D eigenvalue weighted by atomic mass is 16.5. The molecule has 0 bridgehead atoms. The Morgan fingerprint density at radius 1 is 1.00 bits per heavy atom. The van der Waals surface area contributed by atoms with Crippen molar-refractivity contribution in [2.75, 3.05) is 7.11 Å². The van der Waals surface area contributed by atoms with Crippen LogP contribution in [-0.4, -0.2) is 16.9 Å². The van der Waals surface area contributed by atoms with Gasteiger partial charge in [-0.1, -0.05) is 29.8 Å². The van der Waals surface area contributed by atoms with Crippen molar-refractivity contribution in [2.45, 2.75) is 19.8 Å². The molecule has 198 valence electrons. The molecule has 2 N–H and O–H groups in total. The average Bonchev–Trinajstić information content (AvgIpc) is 3.28. The Labute approximate surface area is 229 Å². The molecular weight excluding hydrogens is 508 g/mol. The number of methoxy groups -OCH3 is 1. The Morgan fingerprint density at radius 3 is 2.42 bits per heavy atom. The number of hydrogen-bond donors (Lipinski definition) is 1. The normalized spacial score (nSPS) is 14.4. The molecule has 0 saturated heterocycles. The van der Waals surface area contributed by atoms with E-state index in [0.29, 0.717) is 39.6 Å². The van der Waals surface area contributed by atoms with E-state index in [1.54, 1.807) is 49.0 Å². The van der Waals surface area contributed by atoms with Crippen molar-refractivity contribution in [3.8, 4) is 34.9 Å². The number of para-hydroxylation sites is 1. The summed E-state index contributed by atoms with van der Waals surface area (Å²) in [6.45, 7) is 3.72. The number of fused-ring (bicyclic) bond motifs is 3. The molecule has 0 radical (unpaired) electrons. The van der Waals surface area contributed by atoms with Crippen LogP contribution in [0.4, 0.5) is 0 Å². The van der Waals surface area contributed by atoms with Crippen LogP contribution in [0.25, 0.3) is 16.7 Å². The third-order valence-corrected chi connectivity index (χ3v) is 6.85. The quantitative estimate of drug-likeness (QED) is 0.289. The maximum Gasteiger partial charge on any atom is 0.344 e. The predicted molar refractivity (Wildman–Crippen MR) is 148 cm³/mol. The molecule has 3 heterocycles. The molecule has 3 aromatic carbocycles. The molecular formula is C31H24N4O5. The van der Waals surface area contributed by atoms with Crippen LogP contribution in [0, 0.1) is 25.2 Å². The lowest BCUT2D eigenvalue weighted by atomic mass is 9.83. The molecule has 9 heteroatoms. The number of nitrogens with zero attached hydrogens (tertiary/aromatic N) is 3. The number of ether oxygens (including phenoxy) is 3. The summed E-state index contributed by atoms with van der Waals surface area (Å²) in [6, 6.07) is 24.1. The van der Waals surface area contributed by atoms with Gasteiger partial charge in [-0.05, 0) is 62.4 Å². The van der Waals surface area contributed by atoms with Crippen molar-refractivity contribution < 1.29 is 18.6 Å². The van der Waals surface area contributed by atoms with Gasteiger partial charge >= 0.3 is 5.63 Å². The summed E-state index contributed by atoms with van der Waals surface area (Å²) in [5.74, 6) is 0.676. The molecule has 0 fully saturated rings. The van der Waals surface area contributed by atoms with E-state index < -0.39 is 11.5 Å². The second-order valence-electron chi connectivity index (χ2n) is 9.39. The molecule has 5 aromatic rings. The number of aromatic nitrogens is 2. The highest BCUT2D eigenvalue weighted by Gasteiger charge is 2.40. The molecule has 1 aliphatic heterocycles. The Kier molecular flexibility index (Phi) is 6.00. The first kappa shape index (κ1) is 24.8. The lowest BCUT2D eigenvalue weighted by Gasteiger charge is -2.26. The minimum atomic E-state index is -0.958. The van der Waals surface area contributed by atoms with E-state index >= 15 is 0 Å². The topological polar surface area (TPSA) is 126 Å². The minimum Gasteiger partial charge on any atom is -0.497 e. The number of hydrogen-bond acceptors (Lipinski definition) is 8. The second kappa shape index (κ2) is 9.67. The van der Waals surface area contributed by atoms with Gasteiger partial charge < -0.3 is 24.4 Å². The van der Waals surface area contributed by atoms with E-state index in [9.17, 15) is 10.1 Å². The SMILES string of the molecule is COc1ccc(Oc2c(C3C(C#N)=C(N)Oc4c3c(=O)oc3ccc(C)cc43)c(C)nn2-c2ccccc2)cc1. The van der Waals surface area contributed by atoms with Gasteiger partial charge in [-0.2, -0.15) is 10.4 Å². The fraction of sp³-hybridized carbons (Fsp3) is 0.129. The number of rotatable bonds is 5. The number of benzene rings is 3. The maximum atomic E-state index is 13.5. The molecule has 1 atom stereocenters. The van der Waals surface area contributed by atoms with E-state index in [1.165, 1.54) is 0 Å². The summed E-state index contributed by atoms with van der Waals surface area (Å²) in [5.41, 5.74) is 8.95. The predicted octanol–water partition coefficient (Wildman–Crippen LogP) is 5.61. The van der Waals surface area contributed by atoms with Crippen LogP contribution >= 0.6 is 0 Å². The Hall–Kier alpha value is -5.49. The van der Waals surface area contributed by atoms with Crippen LogP contribution in [0.2, 0.25) is 0 Å². The first-order valence-corrected chi connectivity index (χ1v) is 12.5. The van der Waals surface area contributed by atoms with Crippen LogP contribution < -0.4 is 25.6 Å². The molecule has 1 unspecified atom stereocenters. The Bertz CT molecular complexity index is 1900. The largest absolute Gasteiger partial charge is 0.497 e. The van der Waals surface area contributed by atoms with E-state index in [2.05, 4.69) is 6.07 Å². The lowest BCUT2D eigenvalue weighted by molar-refractivity contribution is 0.385. The monoisotopic (exact) mass is 532 g/mol. The van der Waals surface area contributed by atoms with Gasteiger partial charge in [0, 0.05) is 0 Å². The standard InChI is InChI=1S/C31H24N4O5/c1-17-9-14-24-22(15-17)28-27(31(36)39-24)26(23(16-32)29(33)40-28)25-18(2)34-35(19-7-5-4-6-8-19)30(25)38-21-12-10-20(37-3)11-13-21/h4-15,26H,33H2,1-3H3. The van der Waals surface area contributed by atoms with E-state index in [0.717, 1.165) is 11.3 Å². The molecule has 0 amide bonds. The van der Waals surface area contributed by atoms with Crippen molar-refractivity contribution in [3.05, 3.63) is 117 Å². The van der Waals surface area contributed by atoms with Gasteiger partial charge in [0.25, 0.3) is 0 Å². The zero-order valence-electron chi connectivity index (χ0n) is 22.0. The van der Waals surface area contributed by atoms with Gasteiger partial charge in [0.1, 0.15) is 28.7 Å². The summed E-state index contributed by atoms with van der Waals surface area (Å²) in [5, 5.41) is 15.6. The Balaban J connectivity index is 1.65. The number of aryl methyl sites for hydroxylation is 2. The van der Waals surface area contributed by atoms with Crippen molar-refractivity contribution in [3.63, 3.8) is 0 Å². The van der Waals surface area contributed by atoms with Gasteiger partial charge in [0.2, 0.25) is 11.8 Å². The van der Waals surface area contributed by atoms with Gasteiger partial charge in [-0.15, -0.1) is 0 Å². The molecule has 1 aliphatic rings. The van der Waals surface area contributed by atoms with Crippen LogP contribution in [0.1, 0.15) is 28.3 Å². The summed E-state index contributed by atoms with van der Waals surface area (Å²) in [4.78, 5) is 13.5. The Morgan fingerprint density at radius 2 is 1.73 bits per heavy atom. The fourth-order valence-corrected chi connectivity index (χ4v) is 4.97. The minimum absolute atomic E-state index is 0.0575. The summed E-state index contributed by atoms with van der Waals surface area (Å²) in [7, 11) is 1.58. The van der Waals surface area contributed by atoms with Gasteiger partial charge in [0.05, 0.1) is 40.9 Å². The van der Waals surface area contributed by atoms with Gasteiger partial charge in [0.15, 0.2) is 5.75 Å². The lowest BCUT2D eigenvalue weighted by Crippen LogP contribution is -2.26. The highest BCUT2D eigenvalue weighted by molar-refractivity contribution is 5.86. The van der Waals surface area contributed by atoms with Crippen molar-refractivity contribution in [1.29, 1.82) is 5.26 Å². The second-order valence-corrected chi connectivity index (χ2v) is 9.39. The van der Waals surface area contributed by atoms with Crippen LogP contribution in [0.5, 0.6) is 23.1 Å². The van der Waals surface area contributed by atoms with Gasteiger partial charge in [-0.25, -0.2) is 9.48 Å². The van der Waals surface area contributed by atoms with Crippen molar-refractivity contribution in [1.82, 2.24) is 9.78 Å². The molecule has 2 aromatic heterocycles. The van der Waals surface area contributed by atoms with E-state index in [4.69, 9.17) is 29.5 Å². The van der Waals surface area contributed by atoms with Crippen LogP contribution in [0.3, 0.4) is 0 Å². The summed E-state index contributed by atoms with van der Waals surface area (Å²) in [6.07, 6.45) is 0. The van der Waals surface area contributed by atoms with Crippen molar-refractivity contribution in [2.24, 2.45) is 5.73 Å². The molecule has 9 nitrogen and oxygen atoms in total. The smallest absolute Gasteiger partial charge is 0.344 e. The molecule has 0 saturated carbocycles. The zero-order chi connectivity index (χ0) is 28.0. The first-order valence-electron chi connectivity index (χ1n) is 12.5. The zero-order valence-corrected chi connectivity index (χ0v) is 22.0. The third-order valence-electron chi connectivity index (χ3n) is 6.85. The fourth-order valence-electron chi connectivity index (χ4n) is 4.97.